The number of carbonyl (C=O) groups excluding carboxylic acids is 2. The largest absolute Gasteiger partial charge is 0.445 e. The van der Waals surface area contributed by atoms with E-state index in [0.29, 0.717) is 12.8 Å². The molecular weight excluding hydrogens is 266 g/mol. The Hall–Kier alpha value is -2.36. The summed E-state index contributed by atoms with van der Waals surface area (Å²) >= 11 is 0. The van der Waals surface area contributed by atoms with Crippen LogP contribution < -0.4 is 5.32 Å². The number of hydrogen-bond acceptors (Lipinski definition) is 3. The van der Waals surface area contributed by atoms with Gasteiger partial charge in [-0.15, -0.1) is 0 Å². The minimum atomic E-state index is -0.582. The Labute approximate surface area is 125 Å². The van der Waals surface area contributed by atoms with Gasteiger partial charge in [0.2, 0.25) is 0 Å². The molecule has 1 aromatic carbocycles. The molecular formula is C17H21NO3. The zero-order valence-electron chi connectivity index (χ0n) is 12.2. The maximum absolute atomic E-state index is 11.8. The van der Waals surface area contributed by atoms with Crippen molar-refractivity contribution in [3.05, 3.63) is 60.7 Å². The first-order valence-electron chi connectivity index (χ1n) is 6.91. The number of Topliss-reactive ketones (excluding diaryl/α,β-unsaturated/α-hetero) is 1. The van der Waals surface area contributed by atoms with Crippen LogP contribution in [0.4, 0.5) is 4.79 Å². The van der Waals surface area contributed by atoms with Gasteiger partial charge >= 0.3 is 6.09 Å². The standard InChI is InChI=1S/C17H21NO3/c1-3-4-5-9-12-16(19)14(2)18-17(20)21-13-15-10-7-6-8-11-15/h3-8,10-11,14H,1,9,12-13H2,2H3,(H,18,20)/b5-4+. The highest BCUT2D eigenvalue weighted by molar-refractivity contribution is 5.87. The van der Waals surface area contributed by atoms with E-state index < -0.39 is 12.1 Å². The smallest absolute Gasteiger partial charge is 0.408 e. The molecule has 1 amide bonds. The lowest BCUT2D eigenvalue weighted by Gasteiger charge is -2.12. The molecule has 1 rings (SSSR count). The second-order valence-corrected chi connectivity index (χ2v) is 4.60. The number of rotatable bonds is 8. The first kappa shape index (κ1) is 16.7. The topological polar surface area (TPSA) is 55.4 Å². The van der Waals surface area contributed by atoms with Crippen LogP contribution in [0.5, 0.6) is 0 Å². The van der Waals surface area contributed by atoms with Crippen LogP contribution in [0.25, 0.3) is 0 Å². The minimum absolute atomic E-state index is 0.0274. The highest BCUT2D eigenvalue weighted by Crippen LogP contribution is 2.02. The average Bonchev–Trinajstić information content (AvgIpc) is 2.50. The van der Waals surface area contributed by atoms with Gasteiger partial charge in [0, 0.05) is 6.42 Å². The number of nitrogens with one attached hydrogen (secondary N) is 1. The first-order valence-corrected chi connectivity index (χ1v) is 6.91. The summed E-state index contributed by atoms with van der Waals surface area (Å²) in [6, 6.07) is 8.83. The number of ketones is 1. The van der Waals surface area contributed by atoms with E-state index >= 15 is 0 Å². The van der Waals surface area contributed by atoms with Crippen LogP contribution >= 0.6 is 0 Å². The van der Waals surface area contributed by atoms with Crippen molar-refractivity contribution in [1.82, 2.24) is 5.32 Å². The molecule has 0 saturated carbocycles. The number of allylic oxidation sites excluding steroid dienone is 3. The van der Waals surface area contributed by atoms with Gasteiger partial charge in [0.25, 0.3) is 0 Å². The molecule has 0 aliphatic heterocycles. The Morgan fingerprint density at radius 1 is 1.33 bits per heavy atom. The number of amides is 1. The summed E-state index contributed by atoms with van der Waals surface area (Å²) in [5, 5.41) is 2.54. The van der Waals surface area contributed by atoms with Crippen molar-refractivity contribution in [3.63, 3.8) is 0 Å². The highest BCUT2D eigenvalue weighted by atomic mass is 16.5. The van der Waals surface area contributed by atoms with Crippen molar-refractivity contribution in [3.8, 4) is 0 Å². The molecule has 0 aromatic heterocycles. The molecule has 1 unspecified atom stereocenters. The maximum Gasteiger partial charge on any atom is 0.408 e. The van der Waals surface area contributed by atoms with E-state index in [1.807, 2.05) is 36.4 Å². The van der Waals surface area contributed by atoms with Crippen LogP contribution in [0.1, 0.15) is 25.3 Å². The van der Waals surface area contributed by atoms with Gasteiger partial charge in [-0.05, 0) is 18.9 Å². The predicted molar refractivity (Wildman–Crippen MR) is 82.8 cm³/mol. The summed E-state index contributed by atoms with van der Waals surface area (Å²) in [5.74, 6) is -0.0274. The predicted octanol–water partition coefficient (Wildman–Crippen LogP) is 3.39. The molecule has 1 atom stereocenters. The van der Waals surface area contributed by atoms with E-state index in [-0.39, 0.29) is 12.4 Å². The van der Waals surface area contributed by atoms with Gasteiger partial charge in [-0.1, -0.05) is 55.1 Å². The van der Waals surface area contributed by atoms with Crippen molar-refractivity contribution < 1.29 is 14.3 Å². The van der Waals surface area contributed by atoms with Crippen LogP contribution in [0, 0.1) is 0 Å². The SMILES string of the molecule is C=C/C=C/CCC(=O)C(C)NC(=O)OCc1ccccc1. The second kappa shape index (κ2) is 9.53. The van der Waals surface area contributed by atoms with E-state index in [2.05, 4.69) is 11.9 Å². The summed E-state index contributed by atoms with van der Waals surface area (Å²) in [6.45, 7) is 5.40. The summed E-state index contributed by atoms with van der Waals surface area (Å²) in [5.41, 5.74) is 0.904. The summed E-state index contributed by atoms with van der Waals surface area (Å²) < 4.78 is 5.06. The third-order valence-electron chi connectivity index (χ3n) is 2.86. The lowest BCUT2D eigenvalue weighted by Crippen LogP contribution is -2.38. The minimum Gasteiger partial charge on any atom is -0.445 e. The van der Waals surface area contributed by atoms with Crippen molar-refractivity contribution >= 4 is 11.9 Å². The molecule has 112 valence electrons. The van der Waals surface area contributed by atoms with Gasteiger partial charge in [0.15, 0.2) is 5.78 Å². The molecule has 0 aliphatic carbocycles. The third-order valence-corrected chi connectivity index (χ3v) is 2.86. The van der Waals surface area contributed by atoms with Gasteiger partial charge in [0.1, 0.15) is 6.61 Å². The third kappa shape index (κ3) is 7.11. The van der Waals surface area contributed by atoms with Gasteiger partial charge in [0.05, 0.1) is 6.04 Å². The Kier molecular flexibility index (Phi) is 7.58. The van der Waals surface area contributed by atoms with Crippen molar-refractivity contribution in [1.29, 1.82) is 0 Å². The average molecular weight is 287 g/mol. The fourth-order valence-electron chi connectivity index (χ4n) is 1.66. The van der Waals surface area contributed by atoms with Crippen molar-refractivity contribution in [2.24, 2.45) is 0 Å². The molecule has 0 bridgehead atoms. The molecule has 4 heteroatoms. The van der Waals surface area contributed by atoms with Gasteiger partial charge in [-0.25, -0.2) is 4.79 Å². The van der Waals surface area contributed by atoms with E-state index in [1.165, 1.54) is 0 Å². The maximum atomic E-state index is 11.8. The second-order valence-electron chi connectivity index (χ2n) is 4.60. The van der Waals surface area contributed by atoms with Crippen LogP contribution in [-0.4, -0.2) is 17.9 Å². The molecule has 21 heavy (non-hydrogen) atoms. The van der Waals surface area contributed by atoms with Crippen LogP contribution in [-0.2, 0) is 16.1 Å². The van der Waals surface area contributed by atoms with Gasteiger partial charge in [-0.3, -0.25) is 4.79 Å². The Balaban J connectivity index is 2.28. The number of benzene rings is 1. The molecule has 0 heterocycles. The number of ether oxygens (including phenoxy) is 1. The van der Waals surface area contributed by atoms with Crippen molar-refractivity contribution in [2.45, 2.75) is 32.4 Å². The highest BCUT2D eigenvalue weighted by Gasteiger charge is 2.15. The van der Waals surface area contributed by atoms with Crippen LogP contribution in [0.3, 0.4) is 0 Å². The van der Waals surface area contributed by atoms with E-state index in [1.54, 1.807) is 19.1 Å². The molecule has 1 N–H and O–H groups in total. The van der Waals surface area contributed by atoms with Gasteiger partial charge in [-0.2, -0.15) is 0 Å². The number of hydrogen-bond donors (Lipinski definition) is 1. The fourth-order valence-corrected chi connectivity index (χ4v) is 1.66. The normalized spacial score (nSPS) is 11.9. The lowest BCUT2D eigenvalue weighted by atomic mass is 10.1. The van der Waals surface area contributed by atoms with Crippen molar-refractivity contribution in [2.75, 3.05) is 0 Å². The van der Waals surface area contributed by atoms with E-state index in [0.717, 1.165) is 5.56 Å². The fraction of sp³-hybridized carbons (Fsp3) is 0.294. The Morgan fingerprint density at radius 3 is 2.71 bits per heavy atom. The summed E-state index contributed by atoms with van der Waals surface area (Å²) in [7, 11) is 0. The number of alkyl carbamates (subject to hydrolysis) is 1. The monoisotopic (exact) mass is 287 g/mol. The number of carbonyl (C=O) groups is 2. The first-order chi connectivity index (χ1) is 10.1. The van der Waals surface area contributed by atoms with Crippen LogP contribution in [0.15, 0.2) is 55.1 Å². The summed E-state index contributed by atoms with van der Waals surface area (Å²) in [6.07, 6.45) is 5.75. The molecule has 0 radical (unpaired) electrons. The molecule has 0 fully saturated rings. The molecule has 0 saturated heterocycles. The van der Waals surface area contributed by atoms with Crippen LogP contribution in [0.2, 0.25) is 0 Å². The quantitative estimate of drug-likeness (QED) is 0.746. The van der Waals surface area contributed by atoms with E-state index in [9.17, 15) is 9.59 Å². The zero-order valence-corrected chi connectivity index (χ0v) is 12.2. The van der Waals surface area contributed by atoms with E-state index in [4.69, 9.17) is 4.74 Å². The molecule has 0 spiro atoms. The summed E-state index contributed by atoms with van der Waals surface area (Å²) in [4.78, 5) is 23.4. The Bertz CT molecular complexity index is 494. The lowest BCUT2D eigenvalue weighted by molar-refractivity contribution is -0.120. The van der Waals surface area contributed by atoms with Gasteiger partial charge < -0.3 is 10.1 Å². The Morgan fingerprint density at radius 2 is 2.05 bits per heavy atom. The molecule has 0 aliphatic rings. The zero-order chi connectivity index (χ0) is 15.5. The molecule has 1 aromatic rings. The molecule has 4 nitrogen and oxygen atoms in total.